The minimum Gasteiger partial charge on any atom is -0.356 e. The minimum atomic E-state index is 0. The Labute approximate surface area is 151 Å². The molecule has 4 heteroatoms. The number of halogens is 1. The predicted octanol–water partition coefficient (Wildman–Crippen LogP) is 3.86. The van der Waals surface area contributed by atoms with Gasteiger partial charge in [0.1, 0.15) is 0 Å². The van der Waals surface area contributed by atoms with Crippen LogP contribution >= 0.6 is 24.0 Å². The lowest BCUT2D eigenvalue weighted by Gasteiger charge is -2.43. The first-order chi connectivity index (χ1) is 10.2. The van der Waals surface area contributed by atoms with E-state index in [9.17, 15) is 0 Å². The molecular weight excluding hydrogens is 385 g/mol. The van der Waals surface area contributed by atoms with E-state index in [2.05, 4.69) is 46.8 Å². The first kappa shape index (κ1) is 17.6. The number of hydrogen-bond donors (Lipinski definition) is 2. The third-order valence-electron chi connectivity index (χ3n) is 5.20. The molecule has 2 N–H and O–H groups in total. The molecule has 2 fully saturated rings. The third kappa shape index (κ3) is 4.15. The second kappa shape index (κ2) is 7.66. The number of guanidine groups is 1. The van der Waals surface area contributed by atoms with Gasteiger partial charge < -0.3 is 10.6 Å². The molecule has 3 rings (SSSR count). The largest absolute Gasteiger partial charge is 0.356 e. The van der Waals surface area contributed by atoms with Gasteiger partial charge in [0.05, 0.1) is 0 Å². The van der Waals surface area contributed by atoms with E-state index in [0.717, 1.165) is 25.0 Å². The maximum absolute atomic E-state index is 4.36. The van der Waals surface area contributed by atoms with Crippen molar-refractivity contribution in [3.05, 3.63) is 35.4 Å². The molecule has 22 heavy (non-hydrogen) atoms. The Morgan fingerprint density at radius 2 is 1.86 bits per heavy atom. The van der Waals surface area contributed by atoms with E-state index in [1.807, 2.05) is 7.05 Å². The highest BCUT2D eigenvalue weighted by atomic mass is 127. The summed E-state index contributed by atoms with van der Waals surface area (Å²) in [5.74, 6) is 1.91. The molecule has 0 spiro atoms. The Morgan fingerprint density at radius 1 is 1.18 bits per heavy atom. The molecule has 2 aliphatic carbocycles. The fourth-order valence-corrected chi connectivity index (χ4v) is 3.43. The van der Waals surface area contributed by atoms with Gasteiger partial charge in [-0.15, -0.1) is 24.0 Å². The summed E-state index contributed by atoms with van der Waals surface area (Å²) < 4.78 is 0. The number of nitrogens with zero attached hydrogens (tertiary/aromatic N) is 1. The molecule has 0 atom stereocenters. The Balaban J connectivity index is 0.00000176. The number of rotatable bonds is 5. The standard InChI is InChI=1S/C18H27N3.HI/c1-14-4-6-15(7-5-14)12-20-17(19-2)21-13-18(10-3-11-18)16-8-9-16;/h4-7,16H,3,8-13H2,1-2H3,(H2,19,20,21);1H. The number of aliphatic imine (C=N–C) groups is 1. The summed E-state index contributed by atoms with van der Waals surface area (Å²) in [6.45, 7) is 4.04. The highest BCUT2D eigenvalue weighted by Crippen LogP contribution is 2.56. The van der Waals surface area contributed by atoms with Gasteiger partial charge in [-0.2, -0.15) is 0 Å². The molecule has 0 aliphatic heterocycles. The Hall–Kier alpha value is -0.780. The maximum atomic E-state index is 4.36. The summed E-state index contributed by atoms with van der Waals surface area (Å²) in [7, 11) is 1.86. The lowest BCUT2D eigenvalue weighted by Crippen LogP contribution is -2.47. The third-order valence-corrected chi connectivity index (χ3v) is 5.20. The van der Waals surface area contributed by atoms with E-state index in [-0.39, 0.29) is 24.0 Å². The zero-order valence-electron chi connectivity index (χ0n) is 13.7. The summed E-state index contributed by atoms with van der Waals surface area (Å²) in [5.41, 5.74) is 3.18. The highest BCUT2D eigenvalue weighted by Gasteiger charge is 2.48. The van der Waals surface area contributed by atoms with Crippen LogP contribution in [0.2, 0.25) is 0 Å². The first-order valence-corrected chi connectivity index (χ1v) is 8.22. The van der Waals surface area contributed by atoms with Crippen molar-refractivity contribution in [1.29, 1.82) is 0 Å². The van der Waals surface area contributed by atoms with Gasteiger partial charge in [-0.25, -0.2) is 0 Å². The van der Waals surface area contributed by atoms with Crippen molar-refractivity contribution < 1.29 is 0 Å². The second-order valence-corrected chi connectivity index (χ2v) is 6.76. The fourth-order valence-electron chi connectivity index (χ4n) is 3.43. The summed E-state index contributed by atoms with van der Waals surface area (Å²) in [6.07, 6.45) is 7.10. The molecule has 0 radical (unpaired) electrons. The van der Waals surface area contributed by atoms with Crippen LogP contribution in [0.15, 0.2) is 29.3 Å². The van der Waals surface area contributed by atoms with E-state index in [0.29, 0.717) is 5.41 Å². The molecule has 2 aliphatic rings. The van der Waals surface area contributed by atoms with E-state index >= 15 is 0 Å². The molecule has 1 aromatic rings. The quantitative estimate of drug-likeness (QED) is 0.437. The highest BCUT2D eigenvalue weighted by molar-refractivity contribution is 14.0. The topological polar surface area (TPSA) is 36.4 Å². The zero-order chi connectivity index (χ0) is 14.7. The van der Waals surface area contributed by atoms with Gasteiger partial charge in [0.25, 0.3) is 0 Å². The second-order valence-electron chi connectivity index (χ2n) is 6.76. The molecule has 2 saturated carbocycles. The number of hydrogen-bond acceptors (Lipinski definition) is 1. The molecule has 122 valence electrons. The van der Waals surface area contributed by atoms with E-state index in [4.69, 9.17) is 0 Å². The zero-order valence-corrected chi connectivity index (χ0v) is 16.0. The van der Waals surface area contributed by atoms with E-state index < -0.39 is 0 Å². The molecule has 0 bridgehead atoms. The summed E-state index contributed by atoms with van der Waals surface area (Å²) in [5, 5.41) is 6.98. The molecular formula is C18H28IN3. The minimum absolute atomic E-state index is 0. The molecule has 0 aromatic heterocycles. The van der Waals surface area contributed by atoms with Crippen LogP contribution in [0.5, 0.6) is 0 Å². The summed E-state index contributed by atoms with van der Waals surface area (Å²) in [4.78, 5) is 4.36. The average Bonchev–Trinajstić information content (AvgIpc) is 3.28. The van der Waals surface area contributed by atoms with Crippen LogP contribution in [0.4, 0.5) is 0 Å². The Morgan fingerprint density at radius 3 is 2.36 bits per heavy atom. The van der Waals surface area contributed by atoms with Crippen LogP contribution in [0.25, 0.3) is 0 Å². The van der Waals surface area contributed by atoms with Gasteiger partial charge in [-0.05, 0) is 49.5 Å². The lowest BCUT2D eigenvalue weighted by atomic mass is 9.65. The van der Waals surface area contributed by atoms with Crippen LogP contribution in [0.1, 0.15) is 43.2 Å². The number of aryl methyl sites for hydroxylation is 1. The van der Waals surface area contributed by atoms with Crippen LogP contribution in [-0.4, -0.2) is 19.6 Å². The van der Waals surface area contributed by atoms with Gasteiger partial charge in [-0.1, -0.05) is 36.2 Å². The average molecular weight is 413 g/mol. The summed E-state index contributed by atoms with van der Waals surface area (Å²) >= 11 is 0. The van der Waals surface area contributed by atoms with Crippen molar-refractivity contribution in [2.45, 2.75) is 45.6 Å². The van der Waals surface area contributed by atoms with Crippen molar-refractivity contribution >= 4 is 29.9 Å². The normalized spacial score (nSPS) is 19.8. The fraction of sp³-hybridized carbons (Fsp3) is 0.611. The smallest absolute Gasteiger partial charge is 0.191 e. The van der Waals surface area contributed by atoms with Gasteiger partial charge >= 0.3 is 0 Å². The van der Waals surface area contributed by atoms with Crippen LogP contribution in [0, 0.1) is 18.3 Å². The van der Waals surface area contributed by atoms with Gasteiger partial charge in [0.15, 0.2) is 5.96 Å². The van der Waals surface area contributed by atoms with Crippen molar-refractivity contribution in [2.75, 3.05) is 13.6 Å². The van der Waals surface area contributed by atoms with E-state index in [1.165, 1.54) is 43.2 Å². The van der Waals surface area contributed by atoms with Crippen molar-refractivity contribution in [1.82, 2.24) is 10.6 Å². The lowest BCUT2D eigenvalue weighted by molar-refractivity contribution is 0.106. The number of nitrogens with one attached hydrogen (secondary N) is 2. The van der Waals surface area contributed by atoms with Crippen molar-refractivity contribution in [3.63, 3.8) is 0 Å². The molecule has 1 aromatic carbocycles. The Kier molecular flexibility index (Phi) is 6.12. The molecule has 0 heterocycles. The number of benzene rings is 1. The summed E-state index contributed by atoms with van der Waals surface area (Å²) in [6, 6.07) is 8.66. The van der Waals surface area contributed by atoms with Gasteiger partial charge in [0.2, 0.25) is 0 Å². The molecule has 0 amide bonds. The van der Waals surface area contributed by atoms with Gasteiger partial charge in [-0.3, -0.25) is 4.99 Å². The molecule has 0 unspecified atom stereocenters. The SMILES string of the molecule is CN=C(NCc1ccc(C)cc1)NCC1(C2CC2)CCC1.I. The van der Waals surface area contributed by atoms with Crippen molar-refractivity contribution in [2.24, 2.45) is 16.3 Å². The van der Waals surface area contributed by atoms with Crippen LogP contribution in [0.3, 0.4) is 0 Å². The monoisotopic (exact) mass is 413 g/mol. The van der Waals surface area contributed by atoms with Crippen LogP contribution < -0.4 is 10.6 Å². The Bertz CT molecular complexity index is 502. The maximum Gasteiger partial charge on any atom is 0.191 e. The molecule has 3 nitrogen and oxygen atoms in total. The van der Waals surface area contributed by atoms with Crippen LogP contribution in [-0.2, 0) is 6.54 Å². The van der Waals surface area contributed by atoms with Crippen molar-refractivity contribution in [3.8, 4) is 0 Å². The van der Waals surface area contributed by atoms with E-state index in [1.54, 1.807) is 0 Å². The first-order valence-electron chi connectivity index (χ1n) is 8.22. The molecule has 0 saturated heterocycles. The predicted molar refractivity (Wildman–Crippen MR) is 104 cm³/mol. The van der Waals surface area contributed by atoms with Gasteiger partial charge in [0, 0.05) is 20.1 Å².